The number of nitrogens with one attached hydrogen (secondary N) is 2. The molecule has 0 fully saturated rings. The van der Waals surface area contributed by atoms with Crippen LogP contribution in [0, 0.1) is 0 Å². The first-order valence-corrected chi connectivity index (χ1v) is 9.18. The summed E-state index contributed by atoms with van der Waals surface area (Å²) in [5.41, 5.74) is 0.514. The summed E-state index contributed by atoms with van der Waals surface area (Å²) in [5, 5.41) is 6.07. The Labute approximate surface area is 157 Å². The van der Waals surface area contributed by atoms with Crippen LogP contribution in [0.1, 0.15) is 25.7 Å². The van der Waals surface area contributed by atoms with E-state index in [-0.39, 0.29) is 0 Å². The molecule has 0 amide bonds. The second kappa shape index (κ2) is 9.52. The first-order chi connectivity index (χ1) is 13.3. The third-order valence-corrected chi connectivity index (χ3v) is 4.24. The number of ether oxygens (including phenoxy) is 1. The molecule has 6 heteroatoms. The smallest absolute Gasteiger partial charge is 0.253 e. The van der Waals surface area contributed by atoms with Gasteiger partial charge in [-0.25, -0.2) is 0 Å². The highest BCUT2D eigenvalue weighted by atomic mass is 16.5. The van der Waals surface area contributed by atoms with Gasteiger partial charge in [0.1, 0.15) is 17.1 Å². The minimum absolute atomic E-state index is 0.336. The van der Waals surface area contributed by atoms with Gasteiger partial charge < -0.3 is 15.4 Å². The molecule has 0 aliphatic carbocycles. The lowest BCUT2D eigenvalue weighted by Gasteiger charge is -2.14. The number of pyridine rings is 1. The van der Waals surface area contributed by atoms with Crippen LogP contribution in [0.25, 0.3) is 0 Å². The van der Waals surface area contributed by atoms with Crippen molar-refractivity contribution in [2.24, 2.45) is 0 Å². The Kier molecular flexibility index (Phi) is 6.57. The summed E-state index contributed by atoms with van der Waals surface area (Å²) >= 11 is 0. The topological polar surface area (TPSA) is 80.3 Å². The Bertz CT molecular complexity index is 904. The Morgan fingerprint density at radius 2 is 1.52 bits per heavy atom. The molecular weight excluding hydrogens is 342 g/mol. The fourth-order valence-corrected chi connectivity index (χ4v) is 2.76. The lowest BCUT2D eigenvalue weighted by Crippen LogP contribution is -2.36. The van der Waals surface area contributed by atoms with Crippen molar-refractivity contribution in [3.05, 3.63) is 75.3 Å². The standard InChI is InChI=1S/C21H23N3O3/c25-20-18(19(21(20)26)24-16-10-13-22-14-11-16)23-12-6-1-2-7-15-27-17-8-4-3-5-9-17/h3-5,8-11,13-14,23H,1-2,6-7,12,15H2,(H,22,24). The number of anilines is 3. The first kappa shape index (κ1) is 18.6. The second-order valence-corrected chi connectivity index (χ2v) is 6.27. The number of unbranched alkanes of at least 4 members (excludes halogenated alkanes) is 3. The predicted molar refractivity (Wildman–Crippen MR) is 108 cm³/mol. The summed E-state index contributed by atoms with van der Waals surface area (Å²) < 4.78 is 5.66. The van der Waals surface area contributed by atoms with Crippen molar-refractivity contribution in [3.63, 3.8) is 0 Å². The van der Waals surface area contributed by atoms with Crippen LogP contribution in [0.4, 0.5) is 17.1 Å². The molecule has 0 aliphatic rings. The average Bonchev–Trinajstić information content (AvgIpc) is 2.72. The van der Waals surface area contributed by atoms with Crippen molar-refractivity contribution in [1.82, 2.24) is 4.98 Å². The van der Waals surface area contributed by atoms with Crippen molar-refractivity contribution >= 4 is 17.1 Å². The summed E-state index contributed by atoms with van der Waals surface area (Å²) in [4.78, 5) is 27.4. The maximum atomic E-state index is 11.8. The Hall–Kier alpha value is -3.15. The summed E-state index contributed by atoms with van der Waals surface area (Å²) in [6.45, 7) is 1.37. The van der Waals surface area contributed by atoms with Crippen LogP contribution in [0.15, 0.2) is 64.4 Å². The van der Waals surface area contributed by atoms with E-state index in [1.54, 1.807) is 24.5 Å². The van der Waals surface area contributed by atoms with Crippen LogP contribution in [-0.2, 0) is 0 Å². The largest absolute Gasteiger partial charge is 0.494 e. The molecule has 0 spiro atoms. The van der Waals surface area contributed by atoms with Gasteiger partial charge in [0, 0.05) is 24.6 Å². The summed E-state index contributed by atoms with van der Waals surface area (Å²) in [7, 11) is 0. The van der Waals surface area contributed by atoms with Crippen LogP contribution < -0.4 is 26.2 Å². The van der Waals surface area contributed by atoms with Crippen molar-refractivity contribution in [2.45, 2.75) is 25.7 Å². The van der Waals surface area contributed by atoms with E-state index in [4.69, 9.17) is 4.74 Å². The van der Waals surface area contributed by atoms with E-state index in [2.05, 4.69) is 15.6 Å². The quantitative estimate of drug-likeness (QED) is 0.400. The molecule has 2 aromatic carbocycles. The summed E-state index contributed by atoms with van der Waals surface area (Å²) in [5.74, 6) is 0.897. The van der Waals surface area contributed by atoms with Gasteiger partial charge >= 0.3 is 0 Å². The van der Waals surface area contributed by atoms with Gasteiger partial charge in [-0.05, 0) is 37.1 Å². The van der Waals surface area contributed by atoms with Gasteiger partial charge in [0.15, 0.2) is 0 Å². The highest BCUT2D eigenvalue weighted by molar-refractivity contribution is 5.78. The van der Waals surface area contributed by atoms with E-state index in [0.29, 0.717) is 24.5 Å². The molecule has 0 saturated heterocycles. The predicted octanol–water partition coefficient (Wildman–Crippen LogP) is 3.47. The van der Waals surface area contributed by atoms with Crippen molar-refractivity contribution in [2.75, 3.05) is 23.8 Å². The number of nitrogens with zero attached hydrogens (tertiary/aromatic N) is 1. The van der Waals surface area contributed by atoms with Crippen LogP contribution in [0.2, 0.25) is 0 Å². The molecule has 0 bridgehead atoms. The van der Waals surface area contributed by atoms with Crippen molar-refractivity contribution < 1.29 is 4.74 Å². The third kappa shape index (κ3) is 5.17. The molecule has 6 nitrogen and oxygen atoms in total. The monoisotopic (exact) mass is 365 g/mol. The molecule has 0 aliphatic heterocycles. The van der Waals surface area contributed by atoms with Gasteiger partial charge in [0.25, 0.3) is 10.9 Å². The third-order valence-electron chi connectivity index (χ3n) is 4.24. The Balaban J connectivity index is 1.33. The van der Waals surface area contributed by atoms with Crippen LogP contribution in [-0.4, -0.2) is 18.1 Å². The molecule has 1 aromatic heterocycles. The average molecular weight is 365 g/mol. The van der Waals surface area contributed by atoms with E-state index in [0.717, 1.165) is 37.1 Å². The van der Waals surface area contributed by atoms with Gasteiger partial charge in [-0.1, -0.05) is 31.0 Å². The number of hydrogen-bond donors (Lipinski definition) is 2. The lowest BCUT2D eigenvalue weighted by molar-refractivity contribution is 0.305. The summed E-state index contributed by atoms with van der Waals surface area (Å²) in [6.07, 6.45) is 7.27. The lowest BCUT2D eigenvalue weighted by atomic mass is 10.1. The van der Waals surface area contributed by atoms with E-state index in [1.165, 1.54) is 0 Å². The van der Waals surface area contributed by atoms with Crippen LogP contribution >= 0.6 is 0 Å². The molecule has 3 rings (SSSR count). The number of rotatable bonds is 11. The molecule has 140 valence electrons. The van der Waals surface area contributed by atoms with E-state index >= 15 is 0 Å². The van der Waals surface area contributed by atoms with Gasteiger partial charge in [-0.15, -0.1) is 0 Å². The molecule has 0 atom stereocenters. The van der Waals surface area contributed by atoms with Gasteiger partial charge in [0.2, 0.25) is 0 Å². The molecule has 0 saturated carbocycles. The SMILES string of the molecule is O=c1c(NCCCCCCOc2ccccc2)c(Nc2ccncc2)c1=O. The van der Waals surface area contributed by atoms with Crippen molar-refractivity contribution in [1.29, 1.82) is 0 Å². The highest BCUT2D eigenvalue weighted by Gasteiger charge is 2.20. The van der Waals surface area contributed by atoms with E-state index in [9.17, 15) is 9.59 Å². The second-order valence-electron chi connectivity index (χ2n) is 6.27. The number of benzene rings is 1. The molecule has 27 heavy (non-hydrogen) atoms. The number of aromatic nitrogens is 1. The molecule has 1 heterocycles. The van der Waals surface area contributed by atoms with Gasteiger partial charge in [0.05, 0.1) is 6.61 Å². The van der Waals surface area contributed by atoms with Crippen LogP contribution in [0.3, 0.4) is 0 Å². The zero-order valence-corrected chi connectivity index (χ0v) is 15.1. The zero-order chi connectivity index (χ0) is 18.9. The van der Waals surface area contributed by atoms with E-state index in [1.807, 2.05) is 30.3 Å². The number of hydrogen-bond acceptors (Lipinski definition) is 6. The fourth-order valence-electron chi connectivity index (χ4n) is 2.76. The van der Waals surface area contributed by atoms with Gasteiger partial charge in [-0.3, -0.25) is 14.6 Å². The first-order valence-electron chi connectivity index (χ1n) is 9.18. The maximum absolute atomic E-state index is 11.8. The minimum Gasteiger partial charge on any atom is -0.494 e. The molecule has 0 radical (unpaired) electrons. The Morgan fingerprint density at radius 3 is 2.30 bits per heavy atom. The fraction of sp³-hybridized carbons (Fsp3) is 0.286. The zero-order valence-electron chi connectivity index (χ0n) is 15.1. The minimum atomic E-state index is -0.479. The van der Waals surface area contributed by atoms with E-state index < -0.39 is 10.9 Å². The molecule has 0 unspecified atom stereocenters. The normalized spacial score (nSPS) is 10.7. The highest BCUT2D eigenvalue weighted by Crippen LogP contribution is 2.20. The van der Waals surface area contributed by atoms with Crippen molar-refractivity contribution in [3.8, 4) is 5.75 Å². The molecule has 2 N–H and O–H groups in total. The van der Waals surface area contributed by atoms with Crippen LogP contribution in [0.5, 0.6) is 5.75 Å². The molecule has 3 aromatic rings. The molecular formula is C21H23N3O3. The summed E-state index contributed by atoms with van der Waals surface area (Å²) in [6, 6.07) is 13.3. The number of para-hydroxylation sites is 1. The Morgan fingerprint density at radius 1 is 0.815 bits per heavy atom. The van der Waals surface area contributed by atoms with Gasteiger partial charge in [-0.2, -0.15) is 0 Å². The maximum Gasteiger partial charge on any atom is 0.253 e.